The highest BCUT2D eigenvalue weighted by Gasteiger charge is 2.29. The molecule has 0 unspecified atom stereocenters. The maximum atomic E-state index is 11.8. The van der Waals surface area contributed by atoms with E-state index in [4.69, 9.17) is 9.47 Å². The highest BCUT2D eigenvalue weighted by Crippen LogP contribution is 2.44. The van der Waals surface area contributed by atoms with Gasteiger partial charge in [-0.05, 0) is 11.6 Å². The van der Waals surface area contributed by atoms with Crippen LogP contribution in [0.25, 0.3) is 10.8 Å². The zero-order chi connectivity index (χ0) is 14.4. The number of carbonyl (C=O) groups is 1. The Hall–Kier alpha value is -2.47. The molecule has 0 bridgehead atoms. The molecule has 6 nitrogen and oxygen atoms in total. The van der Waals surface area contributed by atoms with Gasteiger partial charge < -0.3 is 24.8 Å². The fourth-order valence-corrected chi connectivity index (χ4v) is 2.59. The second kappa shape index (κ2) is 4.28. The van der Waals surface area contributed by atoms with Gasteiger partial charge in [-0.3, -0.25) is 0 Å². The molecule has 1 aliphatic heterocycles. The Morgan fingerprint density at radius 2 is 2.00 bits per heavy atom. The first-order valence-electron chi connectivity index (χ1n) is 5.93. The van der Waals surface area contributed by atoms with Gasteiger partial charge in [-0.25, -0.2) is 4.79 Å². The van der Waals surface area contributed by atoms with Crippen molar-refractivity contribution < 1.29 is 29.6 Å². The number of aromatic hydroxyl groups is 2. The van der Waals surface area contributed by atoms with E-state index in [9.17, 15) is 20.1 Å². The summed E-state index contributed by atoms with van der Waals surface area (Å²) in [6.07, 6.45) is 0. The number of ether oxygens (including phenoxy) is 2. The Balaban J connectivity index is 2.57. The first-order valence-corrected chi connectivity index (χ1v) is 5.93. The van der Waals surface area contributed by atoms with Crippen LogP contribution in [0.5, 0.6) is 17.2 Å². The van der Waals surface area contributed by atoms with Crippen LogP contribution in [0.2, 0.25) is 0 Å². The molecule has 0 atom stereocenters. The van der Waals surface area contributed by atoms with Crippen LogP contribution in [0.3, 0.4) is 0 Å². The number of aliphatic hydroxyl groups excluding tert-OH is 1. The molecule has 0 aromatic heterocycles. The van der Waals surface area contributed by atoms with Crippen molar-refractivity contribution in [2.45, 2.75) is 13.2 Å². The lowest BCUT2D eigenvalue weighted by molar-refractivity contribution is 0.0457. The van der Waals surface area contributed by atoms with Crippen LogP contribution in [0.1, 0.15) is 21.5 Å². The van der Waals surface area contributed by atoms with E-state index in [-0.39, 0.29) is 30.3 Å². The third-order valence-electron chi connectivity index (χ3n) is 3.45. The molecule has 0 aliphatic carbocycles. The Labute approximate surface area is 113 Å². The van der Waals surface area contributed by atoms with Crippen LogP contribution >= 0.6 is 0 Å². The smallest absolute Gasteiger partial charge is 0.342 e. The third-order valence-corrected chi connectivity index (χ3v) is 3.45. The molecule has 6 heteroatoms. The van der Waals surface area contributed by atoms with E-state index < -0.39 is 5.97 Å². The number of aliphatic hydroxyl groups is 1. The molecule has 2 aromatic carbocycles. The number of benzene rings is 2. The number of phenolic OH excluding ortho intramolecular Hbond substituents is 2. The second-order valence-electron chi connectivity index (χ2n) is 4.49. The highest BCUT2D eigenvalue weighted by atomic mass is 16.5. The van der Waals surface area contributed by atoms with Gasteiger partial charge in [0, 0.05) is 22.4 Å². The summed E-state index contributed by atoms with van der Waals surface area (Å²) in [6.45, 7) is -0.390. The summed E-state index contributed by atoms with van der Waals surface area (Å²) in [6, 6.07) is 2.65. The van der Waals surface area contributed by atoms with E-state index in [1.807, 2.05) is 0 Å². The number of methoxy groups -OCH3 is 1. The van der Waals surface area contributed by atoms with E-state index in [1.165, 1.54) is 19.2 Å². The van der Waals surface area contributed by atoms with Crippen molar-refractivity contribution >= 4 is 16.7 Å². The fraction of sp³-hybridized carbons (Fsp3) is 0.214. The highest BCUT2D eigenvalue weighted by molar-refractivity contribution is 6.12. The topological polar surface area (TPSA) is 96.2 Å². The van der Waals surface area contributed by atoms with Gasteiger partial charge in [-0.1, -0.05) is 0 Å². The van der Waals surface area contributed by atoms with Gasteiger partial charge in [0.15, 0.2) is 0 Å². The van der Waals surface area contributed by atoms with Crippen molar-refractivity contribution in [3.63, 3.8) is 0 Å². The largest absolute Gasteiger partial charge is 0.507 e. The van der Waals surface area contributed by atoms with Crippen molar-refractivity contribution in [2.24, 2.45) is 0 Å². The lowest BCUT2D eigenvalue weighted by Gasteiger charge is -2.22. The maximum absolute atomic E-state index is 11.8. The fourth-order valence-electron chi connectivity index (χ4n) is 2.59. The summed E-state index contributed by atoms with van der Waals surface area (Å²) in [5.74, 6) is -0.726. The van der Waals surface area contributed by atoms with E-state index >= 15 is 0 Å². The summed E-state index contributed by atoms with van der Waals surface area (Å²) in [7, 11) is 1.43. The molecule has 1 heterocycles. The average Bonchev–Trinajstić information content (AvgIpc) is 2.44. The summed E-state index contributed by atoms with van der Waals surface area (Å²) < 4.78 is 10.2. The van der Waals surface area contributed by atoms with E-state index in [1.54, 1.807) is 0 Å². The van der Waals surface area contributed by atoms with Gasteiger partial charge in [0.05, 0.1) is 13.7 Å². The molecule has 0 amide bonds. The van der Waals surface area contributed by atoms with Gasteiger partial charge >= 0.3 is 5.97 Å². The van der Waals surface area contributed by atoms with Crippen LogP contribution in [0, 0.1) is 0 Å². The lowest BCUT2D eigenvalue weighted by atomic mass is 9.92. The molecule has 1 aliphatic rings. The summed E-state index contributed by atoms with van der Waals surface area (Å²) in [4.78, 5) is 11.8. The van der Waals surface area contributed by atoms with E-state index in [2.05, 4.69) is 0 Å². The van der Waals surface area contributed by atoms with Crippen molar-refractivity contribution in [1.82, 2.24) is 0 Å². The summed E-state index contributed by atoms with van der Waals surface area (Å²) >= 11 is 0. The Morgan fingerprint density at radius 3 is 2.65 bits per heavy atom. The van der Waals surface area contributed by atoms with Crippen LogP contribution in [0.15, 0.2) is 12.1 Å². The number of carbonyl (C=O) groups excluding carboxylic acids is 1. The maximum Gasteiger partial charge on any atom is 0.342 e. The van der Waals surface area contributed by atoms with Crippen LogP contribution in [-0.2, 0) is 18.0 Å². The predicted octanol–water partition coefficient (Wildman–Crippen LogP) is 1.42. The predicted molar refractivity (Wildman–Crippen MR) is 68.9 cm³/mol. The van der Waals surface area contributed by atoms with E-state index in [0.29, 0.717) is 27.6 Å². The molecule has 0 saturated heterocycles. The normalized spacial score (nSPS) is 13.4. The van der Waals surface area contributed by atoms with Crippen LogP contribution in [0.4, 0.5) is 0 Å². The van der Waals surface area contributed by atoms with Gasteiger partial charge in [-0.15, -0.1) is 0 Å². The molecular weight excluding hydrogens is 264 g/mol. The van der Waals surface area contributed by atoms with Crippen LogP contribution in [-0.4, -0.2) is 28.4 Å². The number of hydrogen-bond acceptors (Lipinski definition) is 6. The molecule has 3 rings (SSSR count). The Kier molecular flexibility index (Phi) is 2.69. The van der Waals surface area contributed by atoms with Gasteiger partial charge in [-0.2, -0.15) is 0 Å². The minimum atomic E-state index is -0.669. The van der Waals surface area contributed by atoms with Gasteiger partial charge in [0.2, 0.25) is 0 Å². The van der Waals surface area contributed by atoms with Crippen molar-refractivity contribution in [3.8, 4) is 17.2 Å². The third kappa shape index (κ3) is 1.51. The van der Waals surface area contributed by atoms with Crippen molar-refractivity contribution in [1.29, 1.82) is 0 Å². The van der Waals surface area contributed by atoms with Gasteiger partial charge in [0.1, 0.15) is 29.4 Å². The minimum Gasteiger partial charge on any atom is -0.507 e. The SMILES string of the molecule is COc1cc(O)c2c(CO)cc(O)c3c2c1COC3=O. The molecule has 20 heavy (non-hydrogen) atoms. The number of phenols is 2. The zero-order valence-electron chi connectivity index (χ0n) is 10.6. The van der Waals surface area contributed by atoms with Gasteiger partial charge in [0.25, 0.3) is 0 Å². The zero-order valence-corrected chi connectivity index (χ0v) is 10.6. The molecule has 0 fully saturated rings. The minimum absolute atomic E-state index is 0.0138. The second-order valence-corrected chi connectivity index (χ2v) is 4.49. The van der Waals surface area contributed by atoms with Crippen molar-refractivity contribution in [2.75, 3.05) is 7.11 Å². The first kappa shape index (κ1) is 12.6. The number of cyclic esters (lactones) is 1. The summed E-state index contributed by atoms with van der Waals surface area (Å²) in [5.41, 5.74) is 0.866. The Morgan fingerprint density at radius 1 is 1.25 bits per heavy atom. The standard InChI is InChI=1S/C14H12O6/c1-19-10-3-9(17)11-6(4-15)2-8(16)13-12(11)7(10)5-20-14(13)18/h2-3,15-17H,4-5H2,1H3. The van der Waals surface area contributed by atoms with E-state index in [0.717, 1.165) is 0 Å². The number of esters is 1. The average molecular weight is 276 g/mol. The lowest BCUT2D eigenvalue weighted by Crippen LogP contribution is -2.14. The summed E-state index contributed by atoms with van der Waals surface area (Å²) in [5, 5.41) is 30.2. The molecular formula is C14H12O6. The first-order chi connectivity index (χ1) is 9.58. The number of hydrogen-bond donors (Lipinski definition) is 3. The molecule has 3 N–H and O–H groups in total. The molecule has 0 spiro atoms. The molecule has 0 saturated carbocycles. The van der Waals surface area contributed by atoms with Crippen LogP contribution < -0.4 is 4.74 Å². The van der Waals surface area contributed by atoms with Crippen molar-refractivity contribution in [3.05, 3.63) is 28.8 Å². The monoisotopic (exact) mass is 276 g/mol. The molecule has 104 valence electrons. The molecule has 0 radical (unpaired) electrons. The number of rotatable bonds is 2. The quantitative estimate of drug-likeness (QED) is 0.718. The Bertz CT molecular complexity index is 735. The molecule has 2 aromatic rings.